The van der Waals surface area contributed by atoms with Gasteiger partial charge in [0.1, 0.15) is 0 Å². The van der Waals surface area contributed by atoms with Gasteiger partial charge in [0, 0.05) is 0 Å². The molecule has 0 radical (unpaired) electrons. The third-order valence-electron chi connectivity index (χ3n) is 14.5. The summed E-state index contributed by atoms with van der Waals surface area (Å²) in [4.78, 5) is 0. The molecule has 62 heavy (non-hydrogen) atoms. The summed E-state index contributed by atoms with van der Waals surface area (Å²) in [7, 11) is 0. The summed E-state index contributed by atoms with van der Waals surface area (Å²) in [5.74, 6) is 0. The van der Waals surface area contributed by atoms with E-state index in [1.807, 2.05) is 0 Å². The molecule has 12 aromatic carbocycles. The highest BCUT2D eigenvalue weighted by Gasteiger charge is 2.29. The first-order chi connectivity index (χ1) is 30.1. The number of hydrogen-bond acceptors (Lipinski definition) is 0. The third kappa shape index (κ3) is 5.01. The van der Waals surface area contributed by atoms with E-state index in [9.17, 15) is 0 Å². The summed E-state index contributed by atoms with van der Waals surface area (Å²) in [6.07, 6.45) is 0. The molecule has 0 saturated heterocycles. The Labute approximate surface area is 363 Å². The first-order valence-corrected chi connectivity index (χ1v) is 22.2. The molecule has 0 spiro atoms. The van der Waals surface area contributed by atoms with Crippen molar-refractivity contribution in [1.82, 2.24) is 0 Å². The minimum absolute atomic E-state index is 0.0716. The van der Waals surface area contributed by atoms with Crippen molar-refractivity contribution in [1.29, 1.82) is 0 Å². The summed E-state index contributed by atoms with van der Waals surface area (Å²) in [5.41, 5.74) is 17.1. The van der Waals surface area contributed by atoms with Crippen LogP contribution in [0.1, 0.15) is 48.6 Å². The Hall–Kier alpha value is -7.02. The quantitative estimate of drug-likeness (QED) is 0.156. The van der Waals surface area contributed by atoms with Crippen LogP contribution in [0.5, 0.6) is 0 Å². The molecule has 0 amide bonds. The first kappa shape index (κ1) is 36.8. The predicted molar refractivity (Wildman–Crippen MR) is 271 cm³/mol. The standard InChI is InChI=1S/C62H48/c1-35-36(2)54(41-25-16-10-17-26-41)60-50-34-47-46(44-29-20-30-45(56(44)50)58(60)52(35)39-21-12-8-13-22-39)33-51-57-48(47)31-43(62(5,6)7)32-49(57)59-53(40-23-14-9-15-24-40)37(3)38(4)55(61(51)59)42-27-18-11-19-28-42/h8-34H,1-7H3. The van der Waals surface area contributed by atoms with Gasteiger partial charge in [-0.2, -0.15) is 0 Å². The van der Waals surface area contributed by atoms with Gasteiger partial charge in [0.2, 0.25) is 0 Å². The maximum absolute atomic E-state index is 2.59. The van der Waals surface area contributed by atoms with Gasteiger partial charge in [0.25, 0.3) is 0 Å². The molecule has 0 aliphatic heterocycles. The Bertz CT molecular complexity index is 3750. The zero-order valence-corrected chi connectivity index (χ0v) is 36.6. The number of benzene rings is 10. The van der Waals surface area contributed by atoms with Gasteiger partial charge in [-0.25, -0.2) is 0 Å². The Morgan fingerprint density at radius 1 is 0.258 bits per heavy atom. The van der Waals surface area contributed by atoms with Crippen LogP contribution in [-0.2, 0) is 5.41 Å². The van der Waals surface area contributed by atoms with Gasteiger partial charge in [-0.3, -0.25) is 0 Å². The third-order valence-corrected chi connectivity index (χ3v) is 14.5. The summed E-state index contributed by atoms with van der Waals surface area (Å²) in [6, 6.07) is 61.8. The van der Waals surface area contributed by atoms with Crippen LogP contribution >= 0.6 is 0 Å². The van der Waals surface area contributed by atoms with E-state index in [0.717, 1.165) is 0 Å². The van der Waals surface area contributed by atoms with Crippen LogP contribution in [0.4, 0.5) is 0 Å². The van der Waals surface area contributed by atoms with E-state index in [1.54, 1.807) is 0 Å². The summed E-state index contributed by atoms with van der Waals surface area (Å²) in [5, 5.41) is 18.9. The molecule has 0 unspecified atom stereocenters. The van der Waals surface area contributed by atoms with Crippen molar-refractivity contribution in [2.24, 2.45) is 0 Å². The lowest BCUT2D eigenvalue weighted by Gasteiger charge is -2.21. The average Bonchev–Trinajstić information content (AvgIpc) is 3.78. The van der Waals surface area contributed by atoms with Crippen LogP contribution < -0.4 is 0 Å². The number of rotatable bonds is 4. The van der Waals surface area contributed by atoms with Gasteiger partial charge < -0.3 is 0 Å². The molecule has 0 saturated carbocycles. The molecule has 0 heterocycles. The van der Waals surface area contributed by atoms with Crippen molar-refractivity contribution in [2.45, 2.75) is 53.9 Å². The van der Waals surface area contributed by atoms with Crippen molar-refractivity contribution < 1.29 is 0 Å². The Morgan fingerprint density at radius 3 is 0.952 bits per heavy atom. The summed E-state index contributed by atoms with van der Waals surface area (Å²) in [6.45, 7) is 16.5. The lowest BCUT2D eigenvalue weighted by molar-refractivity contribution is 0.592. The normalized spacial score (nSPS) is 12.4. The molecule has 12 aromatic rings. The lowest BCUT2D eigenvalue weighted by atomic mass is 9.83. The molecule has 0 nitrogen and oxygen atoms in total. The van der Waals surface area contributed by atoms with Gasteiger partial charge >= 0.3 is 0 Å². The van der Waals surface area contributed by atoms with E-state index in [1.165, 1.54) is 148 Å². The second kappa shape index (κ2) is 13.2. The molecule has 0 atom stereocenters. The van der Waals surface area contributed by atoms with E-state index in [2.05, 4.69) is 212 Å². The van der Waals surface area contributed by atoms with Gasteiger partial charge in [0.15, 0.2) is 0 Å². The maximum atomic E-state index is 2.59. The highest BCUT2D eigenvalue weighted by Crippen LogP contribution is 2.55. The van der Waals surface area contributed by atoms with Gasteiger partial charge in [0.05, 0.1) is 0 Å². The predicted octanol–water partition coefficient (Wildman–Crippen LogP) is 17.8. The van der Waals surface area contributed by atoms with Crippen LogP contribution in [0.3, 0.4) is 0 Å². The Kier molecular flexibility index (Phi) is 7.86. The monoisotopic (exact) mass is 792 g/mol. The summed E-state index contributed by atoms with van der Waals surface area (Å²) < 4.78 is 0. The van der Waals surface area contributed by atoms with E-state index >= 15 is 0 Å². The highest BCUT2D eigenvalue weighted by molar-refractivity contribution is 6.44. The highest BCUT2D eigenvalue weighted by atomic mass is 14.3. The molecule has 0 aliphatic rings. The van der Waals surface area contributed by atoms with Crippen LogP contribution in [-0.4, -0.2) is 0 Å². The topological polar surface area (TPSA) is 0 Å². The smallest absolute Gasteiger partial charge is 0.00108 e. The fraction of sp³-hybridized carbons (Fsp3) is 0.129. The lowest BCUT2D eigenvalue weighted by Crippen LogP contribution is -2.10. The Balaban J connectivity index is 1.37. The van der Waals surface area contributed by atoms with Crippen molar-refractivity contribution in [3.63, 3.8) is 0 Å². The second-order valence-electron chi connectivity index (χ2n) is 18.8. The first-order valence-electron chi connectivity index (χ1n) is 22.2. The van der Waals surface area contributed by atoms with Crippen LogP contribution in [0.2, 0.25) is 0 Å². The van der Waals surface area contributed by atoms with E-state index < -0.39 is 0 Å². The molecule has 0 N–H and O–H groups in total. The fourth-order valence-corrected chi connectivity index (χ4v) is 11.4. The van der Waals surface area contributed by atoms with E-state index in [0.29, 0.717) is 0 Å². The molecule has 296 valence electrons. The molecular weight excluding hydrogens is 745 g/mol. The summed E-state index contributed by atoms with van der Waals surface area (Å²) >= 11 is 0. The number of hydrogen-bond donors (Lipinski definition) is 0. The molecule has 0 heteroatoms. The van der Waals surface area contributed by atoms with Crippen LogP contribution in [0.15, 0.2) is 164 Å². The van der Waals surface area contributed by atoms with E-state index in [-0.39, 0.29) is 5.41 Å². The molecule has 0 aromatic heterocycles. The minimum Gasteiger partial charge on any atom is -0.0622 e. The molecular formula is C62H48. The van der Waals surface area contributed by atoms with Gasteiger partial charge in [-0.15, -0.1) is 0 Å². The Morgan fingerprint density at radius 2 is 0.565 bits per heavy atom. The van der Waals surface area contributed by atoms with Crippen LogP contribution in [0.25, 0.3) is 120 Å². The van der Waals surface area contributed by atoms with Crippen molar-refractivity contribution in [3.05, 3.63) is 192 Å². The minimum atomic E-state index is -0.0716. The van der Waals surface area contributed by atoms with Crippen molar-refractivity contribution in [3.8, 4) is 44.5 Å². The van der Waals surface area contributed by atoms with Crippen molar-refractivity contribution in [2.75, 3.05) is 0 Å². The van der Waals surface area contributed by atoms with Crippen LogP contribution in [0, 0.1) is 27.7 Å². The van der Waals surface area contributed by atoms with Gasteiger partial charge in [-0.05, 0) is 205 Å². The zero-order valence-electron chi connectivity index (χ0n) is 36.6. The number of fused-ring (bicyclic) bond motifs is 9. The molecule has 0 aliphatic carbocycles. The van der Waals surface area contributed by atoms with E-state index in [4.69, 9.17) is 0 Å². The van der Waals surface area contributed by atoms with Gasteiger partial charge in [-0.1, -0.05) is 160 Å². The molecule has 0 bridgehead atoms. The largest absolute Gasteiger partial charge is 0.0622 e. The fourth-order valence-electron chi connectivity index (χ4n) is 11.4. The average molecular weight is 793 g/mol. The molecule has 0 fully saturated rings. The second-order valence-corrected chi connectivity index (χ2v) is 18.8. The zero-order chi connectivity index (χ0) is 42.2. The molecule has 12 rings (SSSR count). The maximum Gasteiger partial charge on any atom is -0.00108 e. The van der Waals surface area contributed by atoms with Crippen molar-refractivity contribution >= 4 is 75.4 Å². The SMILES string of the molecule is Cc1c(C)c(-c2ccccc2)c2c3cc4c(cc5c6c(-c7ccccc7)c(C)c(C)c(-c7ccccc7)c6c6cc(C(C)(C)C)cc4c65)c4cccc(c2c1-c1ccccc1)c43.